The van der Waals surface area contributed by atoms with E-state index in [1.807, 2.05) is 25.0 Å². The molecule has 0 aromatic carbocycles. The van der Waals surface area contributed by atoms with Crippen molar-refractivity contribution < 1.29 is 0 Å². The number of aromatic nitrogens is 8. The van der Waals surface area contributed by atoms with Crippen LogP contribution in [-0.4, -0.2) is 39.4 Å². The van der Waals surface area contributed by atoms with Gasteiger partial charge in [-0.2, -0.15) is 19.8 Å². The van der Waals surface area contributed by atoms with Crippen molar-refractivity contribution in [2.75, 3.05) is 0 Å². The van der Waals surface area contributed by atoms with Crippen molar-refractivity contribution in [1.29, 1.82) is 0 Å². The Balaban J connectivity index is 1.81. The highest BCUT2D eigenvalue weighted by Crippen LogP contribution is 2.28. The molecule has 23 heavy (non-hydrogen) atoms. The number of aryl methyl sites for hydroxylation is 2. The van der Waals surface area contributed by atoms with Gasteiger partial charge in [0.1, 0.15) is 5.69 Å². The highest BCUT2D eigenvalue weighted by atomic mass is 32.1. The highest BCUT2D eigenvalue weighted by Gasteiger charge is 2.18. The van der Waals surface area contributed by atoms with Crippen LogP contribution in [0, 0.1) is 0 Å². The SMILES string of the molecule is CC(C)c1cc(-c2nn3c(-c4cnn(C)c4)nnc3s2)nn1C. The van der Waals surface area contributed by atoms with Gasteiger partial charge in [0.25, 0.3) is 0 Å². The van der Waals surface area contributed by atoms with Gasteiger partial charge in [0.15, 0.2) is 10.8 Å². The van der Waals surface area contributed by atoms with Gasteiger partial charge in [-0.05, 0) is 12.0 Å². The Morgan fingerprint density at radius 1 is 1.13 bits per heavy atom. The molecule has 0 atom stereocenters. The van der Waals surface area contributed by atoms with Crippen molar-refractivity contribution in [2.24, 2.45) is 14.1 Å². The summed E-state index contributed by atoms with van der Waals surface area (Å²) in [4.78, 5) is 0.746. The van der Waals surface area contributed by atoms with E-state index in [0.29, 0.717) is 11.7 Å². The third-order valence-corrected chi connectivity index (χ3v) is 4.60. The van der Waals surface area contributed by atoms with E-state index in [0.717, 1.165) is 21.2 Å². The van der Waals surface area contributed by atoms with Gasteiger partial charge in [-0.3, -0.25) is 9.36 Å². The fraction of sp³-hybridized carbons (Fsp3) is 0.357. The Labute approximate surface area is 136 Å². The molecule has 0 bridgehead atoms. The lowest BCUT2D eigenvalue weighted by atomic mass is 10.1. The molecule has 0 aliphatic carbocycles. The predicted octanol–water partition coefficient (Wildman–Crippen LogP) is 2.11. The van der Waals surface area contributed by atoms with Crippen molar-refractivity contribution in [3.8, 4) is 22.1 Å². The van der Waals surface area contributed by atoms with E-state index >= 15 is 0 Å². The van der Waals surface area contributed by atoms with E-state index in [4.69, 9.17) is 0 Å². The lowest BCUT2D eigenvalue weighted by Gasteiger charge is -2.02. The van der Waals surface area contributed by atoms with Crippen LogP contribution in [0.5, 0.6) is 0 Å². The molecule has 0 aliphatic heterocycles. The maximum Gasteiger partial charge on any atom is 0.235 e. The second-order valence-electron chi connectivity index (χ2n) is 5.76. The summed E-state index contributed by atoms with van der Waals surface area (Å²) >= 11 is 1.48. The van der Waals surface area contributed by atoms with Crippen LogP contribution in [0.3, 0.4) is 0 Å². The molecule has 0 saturated carbocycles. The monoisotopic (exact) mass is 328 g/mol. The van der Waals surface area contributed by atoms with Crippen molar-refractivity contribution in [2.45, 2.75) is 19.8 Å². The summed E-state index contributed by atoms with van der Waals surface area (Å²) in [6.45, 7) is 4.31. The summed E-state index contributed by atoms with van der Waals surface area (Å²) in [6.07, 6.45) is 3.65. The maximum atomic E-state index is 4.64. The van der Waals surface area contributed by atoms with E-state index in [2.05, 4.69) is 45.4 Å². The average Bonchev–Trinajstić information content (AvgIpc) is 3.20. The van der Waals surface area contributed by atoms with E-state index in [9.17, 15) is 0 Å². The summed E-state index contributed by atoms with van der Waals surface area (Å²) in [5, 5.41) is 22.6. The van der Waals surface area contributed by atoms with Gasteiger partial charge in [-0.15, -0.1) is 10.2 Å². The summed E-state index contributed by atoms with van der Waals surface area (Å²) in [6, 6.07) is 2.08. The predicted molar refractivity (Wildman–Crippen MR) is 87.2 cm³/mol. The Hall–Kier alpha value is -2.55. The average molecular weight is 328 g/mol. The second-order valence-corrected chi connectivity index (χ2v) is 6.72. The number of nitrogens with zero attached hydrogens (tertiary/aromatic N) is 8. The first-order chi connectivity index (χ1) is 11.0. The topological polar surface area (TPSA) is 78.7 Å². The Bertz CT molecular complexity index is 986. The molecule has 0 radical (unpaired) electrons. The molecule has 0 aliphatic rings. The van der Waals surface area contributed by atoms with Crippen LogP contribution in [0.25, 0.3) is 27.1 Å². The van der Waals surface area contributed by atoms with Crippen molar-refractivity contribution in [3.63, 3.8) is 0 Å². The van der Waals surface area contributed by atoms with Crippen molar-refractivity contribution >= 4 is 16.3 Å². The standard InChI is InChI=1S/C14H16N8S/c1-8(2)11-5-10(18-21(11)4)13-19-22-12(16-17-14(22)23-13)9-6-15-20(3)7-9/h5-8H,1-4H3. The Morgan fingerprint density at radius 3 is 2.61 bits per heavy atom. The molecule has 0 fully saturated rings. The van der Waals surface area contributed by atoms with Gasteiger partial charge in [-0.1, -0.05) is 25.2 Å². The minimum Gasteiger partial charge on any atom is -0.275 e. The molecular weight excluding hydrogens is 312 g/mol. The van der Waals surface area contributed by atoms with Crippen LogP contribution >= 0.6 is 11.3 Å². The lowest BCUT2D eigenvalue weighted by Crippen LogP contribution is -1.99. The minimum absolute atomic E-state index is 0.415. The summed E-state index contributed by atoms with van der Waals surface area (Å²) in [7, 11) is 3.83. The molecule has 118 valence electrons. The Morgan fingerprint density at radius 2 is 1.96 bits per heavy atom. The van der Waals surface area contributed by atoms with Crippen LogP contribution < -0.4 is 0 Å². The van der Waals surface area contributed by atoms with Crippen molar-refractivity contribution in [1.82, 2.24) is 39.4 Å². The van der Waals surface area contributed by atoms with Crippen LogP contribution in [0.2, 0.25) is 0 Å². The second kappa shape index (κ2) is 4.98. The van der Waals surface area contributed by atoms with Gasteiger partial charge in [0.05, 0.1) is 11.8 Å². The van der Waals surface area contributed by atoms with E-state index < -0.39 is 0 Å². The maximum absolute atomic E-state index is 4.64. The zero-order chi connectivity index (χ0) is 16.1. The number of fused-ring (bicyclic) bond motifs is 1. The first kappa shape index (κ1) is 14.1. The molecule has 0 spiro atoms. The van der Waals surface area contributed by atoms with Gasteiger partial charge < -0.3 is 0 Å². The molecule has 4 heterocycles. The van der Waals surface area contributed by atoms with Gasteiger partial charge in [0.2, 0.25) is 4.96 Å². The van der Waals surface area contributed by atoms with Crippen LogP contribution in [0.1, 0.15) is 25.5 Å². The summed E-state index contributed by atoms with van der Waals surface area (Å²) in [5.41, 5.74) is 2.93. The molecule has 8 nitrogen and oxygen atoms in total. The quantitative estimate of drug-likeness (QED) is 0.575. The van der Waals surface area contributed by atoms with Gasteiger partial charge >= 0.3 is 0 Å². The largest absolute Gasteiger partial charge is 0.275 e. The zero-order valence-electron chi connectivity index (χ0n) is 13.3. The molecule has 4 rings (SSSR count). The zero-order valence-corrected chi connectivity index (χ0v) is 14.1. The number of rotatable bonds is 3. The fourth-order valence-electron chi connectivity index (χ4n) is 2.56. The van der Waals surface area contributed by atoms with Crippen LogP contribution in [-0.2, 0) is 14.1 Å². The normalized spacial score (nSPS) is 11.9. The molecule has 0 saturated heterocycles. The molecule has 4 aromatic heterocycles. The smallest absolute Gasteiger partial charge is 0.235 e. The first-order valence-electron chi connectivity index (χ1n) is 7.28. The molecule has 0 amide bonds. The molecule has 4 aromatic rings. The Kier molecular flexibility index (Phi) is 3.05. The third kappa shape index (κ3) is 2.24. The molecule has 0 unspecified atom stereocenters. The molecule has 9 heteroatoms. The third-order valence-electron chi connectivity index (χ3n) is 3.68. The van der Waals surface area contributed by atoms with E-state index in [1.165, 1.54) is 17.0 Å². The summed E-state index contributed by atoms with van der Waals surface area (Å²) in [5.74, 6) is 1.11. The van der Waals surface area contributed by atoms with Gasteiger partial charge in [-0.25, -0.2) is 0 Å². The number of hydrogen-bond donors (Lipinski definition) is 0. The lowest BCUT2D eigenvalue weighted by molar-refractivity contribution is 0.670. The van der Waals surface area contributed by atoms with Crippen molar-refractivity contribution in [3.05, 3.63) is 24.2 Å². The van der Waals surface area contributed by atoms with Gasteiger partial charge in [0, 0.05) is 26.0 Å². The molecular formula is C14H16N8S. The van der Waals surface area contributed by atoms with E-state index in [-0.39, 0.29) is 0 Å². The summed E-state index contributed by atoms with van der Waals surface area (Å²) < 4.78 is 5.39. The molecule has 0 N–H and O–H groups in total. The minimum atomic E-state index is 0.415. The van der Waals surface area contributed by atoms with E-state index in [1.54, 1.807) is 15.4 Å². The highest BCUT2D eigenvalue weighted by molar-refractivity contribution is 7.19. The first-order valence-corrected chi connectivity index (χ1v) is 8.10. The number of hydrogen-bond acceptors (Lipinski definition) is 6. The van der Waals surface area contributed by atoms with Crippen LogP contribution in [0.15, 0.2) is 18.5 Å². The fourth-order valence-corrected chi connectivity index (χ4v) is 3.36. The van der Waals surface area contributed by atoms with Crippen LogP contribution in [0.4, 0.5) is 0 Å².